The van der Waals surface area contributed by atoms with Crippen LogP contribution in [0, 0.1) is 0 Å². The minimum absolute atomic E-state index is 0.108. The van der Waals surface area contributed by atoms with Crippen molar-refractivity contribution in [3.05, 3.63) is 70.2 Å². The Morgan fingerprint density at radius 3 is 2.55 bits per heavy atom. The molecule has 20 heavy (non-hydrogen) atoms. The number of amides is 1. The maximum Gasteiger partial charge on any atom is 0.251 e. The zero-order valence-electron chi connectivity index (χ0n) is 10.6. The van der Waals surface area contributed by atoms with Crippen LogP contribution >= 0.6 is 23.2 Å². The lowest BCUT2D eigenvalue weighted by Crippen LogP contribution is -2.31. The maximum absolute atomic E-state index is 12.3. The van der Waals surface area contributed by atoms with Crippen LogP contribution in [0.25, 0.3) is 0 Å². The molecule has 2 atom stereocenters. The summed E-state index contributed by atoms with van der Waals surface area (Å²) < 4.78 is 0. The molecule has 0 bridgehead atoms. The van der Waals surface area contributed by atoms with Gasteiger partial charge in [-0.1, -0.05) is 35.9 Å². The molecule has 2 aromatic carbocycles. The monoisotopic (exact) mass is 305 g/mol. The number of nitrogens with one attached hydrogen (secondary N) is 1. The Kier molecular flexibility index (Phi) is 3.68. The van der Waals surface area contributed by atoms with E-state index in [4.69, 9.17) is 23.2 Å². The second-order valence-electron chi connectivity index (χ2n) is 4.88. The van der Waals surface area contributed by atoms with Crippen LogP contribution in [-0.4, -0.2) is 11.3 Å². The Bertz CT molecular complexity index is 639. The summed E-state index contributed by atoms with van der Waals surface area (Å²) in [6, 6.07) is 14.7. The summed E-state index contributed by atoms with van der Waals surface area (Å²) in [5.41, 5.74) is 2.89. The van der Waals surface area contributed by atoms with E-state index < -0.39 is 0 Å². The molecule has 102 valence electrons. The van der Waals surface area contributed by atoms with Crippen LogP contribution in [0.4, 0.5) is 0 Å². The lowest BCUT2D eigenvalue weighted by molar-refractivity contribution is 0.0937. The van der Waals surface area contributed by atoms with E-state index in [1.807, 2.05) is 18.2 Å². The predicted molar refractivity (Wildman–Crippen MR) is 81.4 cm³/mol. The summed E-state index contributed by atoms with van der Waals surface area (Å²) >= 11 is 12.2. The molecule has 2 aromatic rings. The van der Waals surface area contributed by atoms with Gasteiger partial charge < -0.3 is 5.32 Å². The smallest absolute Gasteiger partial charge is 0.251 e. The van der Waals surface area contributed by atoms with Crippen molar-refractivity contribution < 1.29 is 4.79 Å². The van der Waals surface area contributed by atoms with E-state index in [0.717, 1.165) is 12.0 Å². The SMILES string of the molecule is O=C(NC1c2ccccc2CC1Cl)c1ccc(Cl)cc1. The van der Waals surface area contributed by atoms with Gasteiger partial charge in [-0.3, -0.25) is 4.79 Å². The molecule has 1 aliphatic carbocycles. The Morgan fingerprint density at radius 1 is 1.10 bits per heavy atom. The van der Waals surface area contributed by atoms with Crippen LogP contribution in [-0.2, 0) is 6.42 Å². The summed E-state index contributed by atoms with van der Waals surface area (Å²) in [5, 5.41) is 3.51. The number of alkyl halides is 1. The number of rotatable bonds is 2. The molecule has 4 heteroatoms. The van der Waals surface area contributed by atoms with Crippen LogP contribution in [0.5, 0.6) is 0 Å². The van der Waals surface area contributed by atoms with Crippen molar-refractivity contribution in [2.24, 2.45) is 0 Å². The van der Waals surface area contributed by atoms with Crippen molar-refractivity contribution >= 4 is 29.1 Å². The van der Waals surface area contributed by atoms with E-state index in [-0.39, 0.29) is 17.3 Å². The van der Waals surface area contributed by atoms with Crippen molar-refractivity contribution in [1.29, 1.82) is 0 Å². The standard InChI is InChI=1S/C16H13Cl2NO/c17-12-7-5-10(6-8-12)16(20)19-15-13-4-2-1-3-11(13)9-14(15)18/h1-8,14-15H,9H2,(H,19,20). The Labute approximate surface area is 127 Å². The van der Waals surface area contributed by atoms with Crippen LogP contribution in [0.1, 0.15) is 27.5 Å². The molecule has 1 aliphatic rings. The van der Waals surface area contributed by atoms with Crippen molar-refractivity contribution in [2.75, 3.05) is 0 Å². The van der Waals surface area contributed by atoms with Crippen molar-refractivity contribution in [1.82, 2.24) is 5.32 Å². The van der Waals surface area contributed by atoms with Crippen molar-refractivity contribution in [3.63, 3.8) is 0 Å². The summed E-state index contributed by atoms with van der Waals surface area (Å²) in [4.78, 5) is 12.3. The molecule has 1 amide bonds. The largest absolute Gasteiger partial charge is 0.344 e. The average molecular weight is 306 g/mol. The third-order valence-electron chi connectivity index (χ3n) is 3.56. The third kappa shape index (κ3) is 2.54. The normalized spacial score (nSPS) is 20.5. The fourth-order valence-electron chi connectivity index (χ4n) is 2.54. The molecule has 0 radical (unpaired) electrons. The highest BCUT2D eigenvalue weighted by atomic mass is 35.5. The fraction of sp³-hybridized carbons (Fsp3) is 0.188. The average Bonchev–Trinajstić information content (AvgIpc) is 2.76. The summed E-state index contributed by atoms with van der Waals surface area (Å²) in [5.74, 6) is -0.131. The van der Waals surface area contributed by atoms with Gasteiger partial charge in [0.15, 0.2) is 0 Å². The van der Waals surface area contributed by atoms with Crippen LogP contribution in [0.3, 0.4) is 0 Å². The summed E-state index contributed by atoms with van der Waals surface area (Å²) in [6.07, 6.45) is 0.781. The predicted octanol–water partition coefficient (Wildman–Crippen LogP) is 3.97. The van der Waals surface area contributed by atoms with E-state index >= 15 is 0 Å². The van der Waals surface area contributed by atoms with Gasteiger partial charge in [0.05, 0.1) is 11.4 Å². The Balaban J connectivity index is 1.81. The number of carbonyl (C=O) groups excluding carboxylic acids is 1. The highest BCUT2D eigenvalue weighted by Gasteiger charge is 2.31. The first-order valence-corrected chi connectivity index (χ1v) is 7.25. The number of carbonyl (C=O) groups is 1. The van der Waals surface area contributed by atoms with Crippen molar-refractivity contribution in [2.45, 2.75) is 17.8 Å². The zero-order valence-corrected chi connectivity index (χ0v) is 12.2. The quantitative estimate of drug-likeness (QED) is 0.836. The van der Waals surface area contributed by atoms with E-state index in [0.29, 0.717) is 10.6 Å². The molecular formula is C16H13Cl2NO. The second-order valence-corrected chi connectivity index (χ2v) is 5.87. The fourth-order valence-corrected chi connectivity index (χ4v) is 3.03. The van der Waals surface area contributed by atoms with Gasteiger partial charge in [0, 0.05) is 10.6 Å². The first kappa shape index (κ1) is 13.5. The minimum atomic E-state index is -0.143. The van der Waals surface area contributed by atoms with E-state index in [1.54, 1.807) is 24.3 Å². The second kappa shape index (κ2) is 5.47. The molecular weight excluding hydrogens is 293 g/mol. The number of fused-ring (bicyclic) bond motifs is 1. The maximum atomic E-state index is 12.3. The lowest BCUT2D eigenvalue weighted by atomic mass is 10.1. The molecule has 3 rings (SSSR count). The first-order valence-electron chi connectivity index (χ1n) is 6.43. The zero-order chi connectivity index (χ0) is 14.1. The van der Waals surface area contributed by atoms with Gasteiger partial charge in [0.1, 0.15) is 0 Å². The molecule has 1 N–H and O–H groups in total. The Hall–Kier alpha value is -1.51. The van der Waals surface area contributed by atoms with Gasteiger partial charge in [0.25, 0.3) is 5.91 Å². The molecule has 0 spiro atoms. The molecule has 0 saturated heterocycles. The topological polar surface area (TPSA) is 29.1 Å². The molecule has 0 fully saturated rings. The van der Waals surface area contributed by atoms with Crippen LogP contribution in [0.15, 0.2) is 48.5 Å². The van der Waals surface area contributed by atoms with Gasteiger partial charge in [-0.05, 0) is 41.8 Å². The van der Waals surface area contributed by atoms with Crippen LogP contribution in [0.2, 0.25) is 5.02 Å². The molecule has 0 heterocycles. The number of halogens is 2. The number of hydrogen-bond donors (Lipinski definition) is 1. The summed E-state index contributed by atoms with van der Waals surface area (Å²) in [6.45, 7) is 0. The van der Waals surface area contributed by atoms with Gasteiger partial charge in [-0.25, -0.2) is 0 Å². The first-order chi connectivity index (χ1) is 9.65. The number of benzene rings is 2. The van der Waals surface area contributed by atoms with Gasteiger partial charge in [0.2, 0.25) is 0 Å². The van der Waals surface area contributed by atoms with Gasteiger partial charge in [-0.2, -0.15) is 0 Å². The van der Waals surface area contributed by atoms with E-state index in [9.17, 15) is 4.79 Å². The highest BCUT2D eigenvalue weighted by molar-refractivity contribution is 6.30. The lowest BCUT2D eigenvalue weighted by Gasteiger charge is -2.17. The third-order valence-corrected chi connectivity index (χ3v) is 4.22. The Morgan fingerprint density at radius 2 is 1.80 bits per heavy atom. The van der Waals surface area contributed by atoms with Crippen molar-refractivity contribution in [3.8, 4) is 0 Å². The van der Waals surface area contributed by atoms with E-state index in [2.05, 4.69) is 11.4 Å². The van der Waals surface area contributed by atoms with Gasteiger partial charge >= 0.3 is 0 Å². The van der Waals surface area contributed by atoms with Crippen LogP contribution < -0.4 is 5.32 Å². The van der Waals surface area contributed by atoms with Gasteiger partial charge in [-0.15, -0.1) is 11.6 Å². The molecule has 0 saturated carbocycles. The summed E-state index contributed by atoms with van der Waals surface area (Å²) in [7, 11) is 0. The molecule has 0 aliphatic heterocycles. The molecule has 0 aromatic heterocycles. The highest BCUT2D eigenvalue weighted by Crippen LogP contribution is 2.34. The minimum Gasteiger partial charge on any atom is -0.344 e. The number of hydrogen-bond acceptors (Lipinski definition) is 1. The van der Waals surface area contributed by atoms with E-state index in [1.165, 1.54) is 5.56 Å². The molecule has 2 unspecified atom stereocenters. The molecule has 2 nitrogen and oxygen atoms in total.